The maximum atomic E-state index is 14.3. The van der Waals surface area contributed by atoms with Gasteiger partial charge in [-0.15, -0.1) is 0 Å². The lowest BCUT2D eigenvalue weighted by atomic mass is 10.1. The number of methoxy groups -OCH3 is 1. The molecule has 3 N–H and O–H groups in total. The molecule has 2 aromatic carbocycles. The van der Waals surface area contributed by atoms with E-state index < -0.39 is 11.7 Å². The van der Waals surface area contributed by atoms with Gasteiger partial charge in [0.1, 0.15) is 5.82 Å². The number of nitrogens with two attached hydrogens (primary N) is 1. The van der Waals surface area contributed by atoms with Crippen LogP contribution in [-0.4, -0.2) is 28.0 Å². The Bertz CT molecular complexity index is 1190. The number of nitrogens with one attached hydrogen (secondary N) is 1. The van der Waals surface area contributed by atoms with Gasteiger partial charge in [0, 0.05) is 23.7 Å². The predicted octanol–water partition coefficient (Wildman–Crippen LogP) is 3.98. The van der Waals surface area contributed by atoms with Gasteiger partial charge >= 0.3 is 0 Å². The number of primary amides is 1. The summed E-state index contributed by atoms with van der Waals surface area (Å²) in [6, 6.07) is 17.3. The number of benzene rings is 2. The molecule has 0 aliphatic carbocycles. The molecule has 2 aromatic heterocycles. The van der Waals surface area contributed by atoms with Gasteiger partial charge in [-0.25, -0.2) is 9.37 Å². The lowest BCUT2D eigenvalue weighted by Crippen LogP contribution is -2.10. The first-order valence-corrected chi connectivity index (χ1v) is 9.28. The summed E-state index contributed by atoms with van der Waals surface area (Å²) in [5.41, 5.74) is 9.30. The Balaban J connectivity index is 1.74. The summed E-state index contributed by atoms with van der Waals surface area (Å²) >= 11 is 0. The van der Waals surface area contributed by atoms with Crippen molar-refractivity contribution in [1.82, 2.24) is 15.0 Å². The van der Waals surface area contributed by atoms with Crippen molar-refractivity contribution in [3.05, 3.63) is 89.6 Å². The monoisotopic (exact) mass is 402 g/mol. The third-order valence-electron chi connectivity index (χ3n) is 4.71. The predicted molar refractivity (Wildman–Crippen MR) is 112 cm³/mol. The van der Waals surface area contributed by atoms with Gasteiger partial charge in [-0.2, -0.15) is 0 Å². The van der Waals surface area contributed by atoms with Crippen LogP contribution < -0.4 is 10.5 Å². The number of rotatable bonds is 6. The summed E-state index contributed by atoms with van der Waals surface area (Å²) in [4.78, 5) is 23.7. The minimum atomic E-state index is -0.471. The van der Waals surface area contributed by atoms with Crippen molar-refractivity contribution >= 4 is 5.91 Å². The first-order valence-electron chi connectivity index (χ1n) is 9.28. The summed E-state index contributed by atoms with van der Waals surface area (Å²) in [6.45, 7) is 0. The molecule has 0 fully saturated rings. The molecule has 0 unspecified atom stereocenters. The second-order valence-corrected chi connectivity index (χ2v) is 6.71. The molecule has 0 radical (unpaired) electrons. The molecule has 7 heteroatoms. The number of halogens is 1. The van der Waals surface area contributed by atoms with E-state index in [-0.39, 0.29) is 5.75 Å². The fourth-order valence-corrected chi connectivity index (χ4v) is 3.20. The zero-order chi connectivity index (χ0) is 21.1. The average Bonchev–Trinajstić information content (AvgIpc) is 3.18. The van der Waals surface area contributed by atoms with Crippen molar-refractivity contribution in [2.45, 2.75) is 6.42 Å². The van der Waals surface area contributed by atoms with Gasteiger partial charge in [0.2, 0.25) is 5.91 Å². The van der Waals surface area contributed by atoms with E-state index in [0.717, 1.165) is 5.56 Å². The van der Waals surface area contributed by atoms with Crippen molar-refractivity contribution in [3.8, 4) is 28.4 Å². The van der Waals surface area contributed by atoms with Crippen LogP contribution in [0.25, 0.3) is 22.6 Å². The largest absolute Gasteiger partial charge is 0.494 e. The number of ether oxygens (including phenoxy) is 1. The van der Waals surface area contributed by atoms with E-state index in [0.29, 0.717) is 40.5 Å². The van der Waals surface area contributed by atoms with Gasteiger partial charge in [0.15, 0.2) is 11.6 Å². The maximum absolute atomic E-state index is 14.3. The zero-order valence-corrected chi connectivity index (χ0v) is 16.2. The van der Waals surface area contributed by atoms with Crippen LogP contribution in [-0.2, 0) is 6.42 Å². The van der Waals surface area contributed by atoms with Crippen molar-refractivity contribution in [2.24, 2.45) is 5.73 Å². The van der Waals surface area contributed by atoms with Crippen LogP contribution in [0.2, 0.25) is 0 Å². The minimum Gasteiger partial charge on any atom is -0.494 e. The third-order valence-corrected chi connectivity index (χ3v) is 4.71. The molecule has 150 valence electrons. The van der Waals surface area contributed by atoms with Crippen LogP contribution in [0.15, 0.2) is 66.9 Å². The zero-order valence-electron chi connectivity index (χ0n) is 16.2. The van der Waals surface area contributed by atoms with E-state index in [1.807, 2.05) is 30.3 Å². The maximum Gasteiger partial charge on any atom is 0.248 e. The van der Waals surface area contributed by atoms with Gasteiger partial charge in [0.25, 0.3) is 0 Å². The number of H-pyrrole nitrogens is 1. The molecular formula is C23H19FN4O2. The third kappa shape index (κ3) is 3.91. The molecular weight excluding hydrogens is 383 g/mol. The van der Waals surface area contributed by atoms with E-state index in [1.165, 1.54) is 13.2 Å². The second kappa shape index (κ2) is 8.16. The van der Waals surface area contributed by atoms with Crippen molar-refractivity contribution < 1.29 is 13.9 Å². The highest BCUT2D eigenvalue weighted by Gasteiger charge is 2.17. The van der Waals surface area contributed by atoms with Crippen LogP contribution in [0.5, 0.6) is 5.75 Å². The second-order valence-electron chi connectivity index (χ2n) is 6.71. The summed E-state index contributed by atoms with van der Waals surface area (Å²) < 4.78 is 19.3. The SMILES string of the molecule is COc1ccc(-c2nc(Cc3ccc(C(N)=O)cc3)[nH]c2-c2ccccn2)cc1F. The van der Waals surface area contributed by atoms with Gasteiger partial charge in [-0.3, -0.25) is 9.78 Å². The standard InChI is InChI=1S/C23H19FN4O2/c1-30-19-10-9-16(13-17(19)24)21-22(18-4-2-3-11-26-18)28-20(27-21)12-14-5-7-15(8-6-14)23(25)29/h2-11,13H,12H2,1H3,(H2,25,29)(H,27,28). The van der Waals surface area contributed by atoms with Gasteiger partial charge < -0.3 is 15.5 Å². The van der Waals surface area contributed by atoms with E-state index in [1.54, 1.807) is 30.5 Å². The molecule has 0 atom stereocenters. The Morgan fingerprint density at radius 3 is 2.57 bits per heavy atom. The summed E-state index contributed by atoms with van der Waals surface area (Å²) in [5.74, 6) is -0.0773. The van der Waals surface area contributed by atoms with Crippen molar-refractivity contribution in [3.63, 3.8) is 0 Å². The lowest BCUT2D eigenvalue weighted by Gasteiger charge is -2.05. The first-order chi connectivity index (χ1) is 14.5. The number of hydrogen-bond donors (Lipinski definition) is 2. The van der Waals surface area contributed by atoms with Gasteiger partial charge in [-0.05, 0) is 48.0 Å². The van der Waals surface area contributed by atoms with Crippen LogP contribution in [0.3, 0.4) is 0 Å². The smallest absolute Gasteiger partial charge is 0.248 e. The number of hydrogen-bond acceptors (Lipinski definition) is 4. The summed E-state index contributed by atoms with van der Waals surface area (Å²) in [7, 11) is 1.42. The molecule has 0 bridgehead atoms. The molecule has 0 saturated heterocycles. The number of amides is 1. The van der Waals surface area contributed by atoms with Crippen LogP contribution >= 0.6 is 0 Å². The summed E-state index contributed by atoms with van der Waals surface area (Å²) in [5, 5.41) is 0. The fraction of sp³-hybridized carbons (Fsp3) is 0.0870. The number of imidazole rings is 1. The quantitative estimate of drug-likeness (QED) is 0.510. The molecule has 4 rings (SSSR count). The van der Waals surface area contributed by atoms with E-state index in [2.05, 4.69) is 9.97 Å². The molecule has 6 nitrogen and oxygen atoms in total. The molecule has 0 spiro atoms. The van der Waals surface area contributed by atoms with Crippen LogP contribution in [0, 0.1) is 5.82 Å². The van der Waals surface area contributed by atoms with Crippen molar-refractivity contribution in [2.75, 3.05) is 7.11 Å². The topological polar surface area (TPSA) is 93.9 Å². The number of aromatic amines is 1. The Hall–Kier alpha value is -4.00. The Labute approximate surface area is 172 Å². The van der Waals surface area contributed by atoms with Crippen LogP contribution in [0.1, 0.15) is 21.7 Å². The lowest BCUT2D eigenvalue weighted by molar-refractivity contribution is 0.100. The van der Waals surface area contributed by atoms with E-state index >= 15 is 0 Å². The number of pyridine rings is 1. The Morgan fingerprint density at radius 1 is 1.13 bits per heavy atom. The normalized spacial score (nSPS) is 10.7. The number of carbonyl (C=O) groups excluding carboxylic acids is 1. The number of carbonyl (C=O) groups is 1. The highest BCUT2D eigenvalue weighted by molar-refractivity contribution is 5.92. The fourth-order valence-electron chi connectivity index (χ4n) is 3.20. The molecule has 0 saturated carbocycles. The van der Waals surface area contributed by atoms with Gasteiger partial charge in [0.05, 0.1) is 24.2 Å². The number of nitrogens with zero attached hydrogens (tertiary/aromatic N) is 2. The van der Waals surface area contributed by atoms with E-state index in [4.69, 9.17) is 15.5 Å². The van der Waals surface area contributed by atoms with Gasteiger partial charge in [-0.1, -0.05) is 18.2 Å². The number of aromatic nitrogens is 3. The highest BCUT2D eigenvalue weighted by Crippen LogP contribution is 2.32. The summed E-state index contributed by atoms with van der Waals surface area (Å²) in [6.07, 6.45) is 2.19. The molecule has 2 heterocycles. The minimum absolute atomic E-state index is 0.170. The highest BCUT2D eigenvalue weighted by atomic mass is 19.1. The molecule has 4 aromatic rings. The molecule has 1 amide bonds. The van der Waals surface area contributed by atoms with Crippen molar-refractivity contribution in [1.29, 1.82) is 0 Å². The first kappa shape index (κ1) is 19.3. The van der Waals surface area contributed by atoms with E-state index in [9.17, 15) is 9.18 Å². The molecule has 30 heavy (non-hydrogen) atoms. The molecule has 0 aliphatic heterocycles. The van der Waals surface area contributed by atoms with Crippen LogP contribution in [0.4, 0.5) is 4.39 Å². The average molecular weight is 402 g/mol. The Kier molecular flexibility index (Phi) is 5.26. The molecule has 0 aliphatic rings. The Morgan fingerprint density at radius 2 is 1.93 bits per heavy atom.